The van der Waals surface area contributed by atoms with Crippen LogP contribution in [0.2, 0.25) is 0 Å². The number of amides is 1. The molecular formula is C26H35N3O6S. The van der Waals surface area contributed by atoms with E-state index in [4.69, 9.17) is 9.47 Å². The van der Waals surface area contributed by atoms with E-state index in [0.29, 0.717) is 45.6 Å². The van der Waals surface area contributed by atoms with Crippen LogP contribution < -0.4 is 9.46 Å². The fourth-order valence-electron chi connectivity index (χ4n) is 5.02. The molecule has 2 heterocycles. The highest BCUT2D eigenvalue weighted by Gasteiger charge is 2.39. The number of nitrogens with zero attached hydrogens (tertiary/aromatic N) is 2. The lowest BCUT2D eigenvalue weighted by Gasteiger charge is -2.44. The zero-order valence-corrected chi connectivity index (χ0v) is 21.7. The maximum Gasteiger partial charge on any atom is 0.248 e. The number of nitrogens with one attached hydrogen (secondary N) is 1. The number of aliphatic hydroxyl groups is 1. The van der Waals surface area contributed by atoms with Gasteiger partial charge in [0.15, 0.2) is 0 Å². The van der Waals surface area contributed by atoms with Gasteiger partial charge in [-0.25, -0.2) is 13.1 Å². The maximum atomic E-state index is 13.2. The summed E-state index contributed by atoms with van der Waals surface area (Å²) in [7, 11) is -0.488. The van der Waals surface area contributed by atoms with E-state index in [1.165, 1.54) is 7.11 Å². The smallest absolute Gasteiger partial charge is 0.248 e. The Balaban J connectivity index is 1.67. The number of likely N-dealkylation sites (tertiary alicyclic amines) is 1. The quantitative estimate of drug-likeness (QED) is 0.636. The van der Waals surface area contributed by atoms with Crippen molar-refractivity contribution >= 4 is 15.9 Å². The van der Waals surface area contributed by atoms with Crippen molar-refractivity contribution in [1.29, 1.82) is 0 Å². The predicted molar refractivity (Wildman–Crippen MR) is 136 cm³/mol. The van der Waals surface area contributed by atoms with Gasteiger partial charge in [-0.1, -0.05) is 36.4 Å². The molecule has 9 nitrogen and oxygen atoms in total. The Morgan fingerprint density at radius 1 is 1.17 bits per heavy atom. The lowest BCUT2D eigenvalue weighted by molar-refractivity contribution is -0.138. The molecule has 1 fully saturated rings. The molecule has 10 heteroatoms. The summed E-state index contributed by atoms with van der Waals surface area (Å²) < 4.78 is 40.2. The molecule has 36 heavy (non-hydrogen) atoms. The van der Waals surface area contributed by atoms with Crippen molar-refractivity contribution in [2.75, 3.05) is 60.1 Å². The Hall–Kier alpha value is -2.50. The molecule has 1 unspecified atom stereocenters. The fourth-order valence-corrected chi connectivity index (χ4v) is 6.22. The molecule has 196 valence electrons. The molecular weight excluding hydrogens is 482 g/mol. The van der Waals surface area contributed by atoms with Crippen LogP contribution in [0, 0.1) is 5.41 Å². The van der Waals surface area contributed by atoms with Crippen LogP contribution in [-0.2, 0) is 19.6 Å². The van der Waals surface area contributed by atoms with Crippen LogP contribution >= 0.6 is 0 Å². The van der Waals surface area contributed by atoms with Crippen molar-refractivity contribution < 1.29 is 27.8 Å². The van der Waals surface area contributed by atoms with E-state index in [9.17, 15) is 18.3 Å². The first-order chi connectivity index (χ1) is 17.2. The molecule has 1 spiro atoms. The van der Waals surface area contributed by atoms with Gasteiger partial charge in [0.1, 0.15) is 17.3 Å². The number of likely N-dealkylation sites (N-methyl/N-ethyl adjacent to an activating group) is 1. The lowest BCUT2D eigenvalue weighted by Crippen LogP contribution is -2.52. The second-order valence-electron chi connectivity index (χ2n) is 9.83. The first-order valence-electron chi connectivity index (χ1n) is 12.2. The summed E-state index contributed by atoms with van der Waals surface area (Å²) in [4.78, 5) is 16.2. The molecule has 0 radical (unpaired) electrons. The average Bonchev–Trinajstić information content (AvgIpc) is 2.87. The monoisotopic (exact) mass is 517 g/mol. The Morgan fingerprint density at radius 3 is 2.58 bits per heavy atom. The standard InChI is InChI=1S/C26H35N3O6S/c1-28-16-22(30)15-27-36(32,33)24-9-8-21(20-6-4-3-5-7-20)14-23(24)35-19-26(18-28)10-12-29(13-11-26)25(31)17-34-2/h3-9,14,22,27,30H,10-13,15-19H2,1-2H3. The summed E-state index contributed by atoms with van der Waals surface area (Å²) >= 11 is 0. The SMILES string of the molecule is COCC(=O)N1CCC2(CC1)COc1cc(-c3ccccc3)ccc1S(=O)(=O)NCC(O)CN(C)C2. The summed E-state index contributed by atoms with van der Waals surface area (Å²) in [6.07, 6.45) is 0.529. The number of β-amino-alcohol motifs (C(OH)–C–C–N with tert-alkyl or cyclic N) is 1. The number of sulfonamides is 1. The van der Waals surface area contributed by atoms with Gasteiger partial charge in [-0.15, -0.1) is 0 Å². The van der Waals surface area contributed by atoms with Gasteiger partial charge in [-0.2, -0.15) is 0 Å². The summed E-state index contributed by atoms with van der Waals surface area (Å²) in [6.45, 7) is 2.35. The number of piperidine rings is 1. The molecule has 2 aliphatic rings. The number of benzene rings is 2. The summed E-state index contributed by atoms with van der Waals surface area (Å²) in [5, 5.41) is 10.5. The maximum absolute atomic E-state index is 13.2. The number of fused-ring (bicyclic) bond motifs is 1. The summed E-state index contributed by atoms with van der Waals surface area (Å²) in [5.74, 6) is 0.235. The minimum atomic E-state index is -3.91. The van der Waals surface area contributed by atoms with Crippen LogP contribution in [0.4, 0.5) is 0 Å². The van der Waals surface area contributed by atoms with Crippen LogP contribution in [0.25, 0.3) is 11.1 Å². The third-order valence-corrected chi connectivity index (χ3v) is 8.42. The van der Waals surface area contributed by atoms with Crippen molar-refractivity contribution in [3.8, 4) is 16.9 Å². The molecule has 2 aliphatic heterocycles. The van der Waals surface area contributed by atoms with E-state index < -0.39 is 16.1 Å². The highest BCUT2D eigenvalue weighted by Crippen LogP contribution is 2.36. The zero-order chi connectivity index (χ0) is 25.8. The number of hydrogen-bond donors (Lipinski definition) is 2. The van der Waals surface area contributed by atoms with E-state index in [-0.39, 0.29) is 35.1 Å². The van der Waals surface area contributed by atoms with Crippen molar-refractivity contribution in [2.45, 2.75) is 23.8 Å². The van der Waals surface area contributed by atoms with Crippen molar-refractivity contribution in [3.63, 3.8) is 0 Å². The van der Waals surface area contributed by atoms with E-state index in [2.05, 4.69) is 4.72 Å². The van der Waals surface area contributed by atoms with Gasteiger partial charge in [0.05, 0.1) is 12.7 Å². The first kappa shape index (κ1) is 26.6. The minimum absolute atomic E-state index is 0.0415. The number of aliphatic hydroxyl groups excluding tert-OH is 1. The second kappa shape index (κ2) is 11.3. The molecule has 0 bridgehead atoms. The number of ether oxygens (including phenoxy) is 2. The summed E-state index contributed by atoms with van der Waals surface area (Å²) in [5.41, 5.74) is 1.49. The number of methoxy groups -OCH3 is 1. The molecule has 1 saturated heterocycles. The number of carbonyl (C=O) groups is 1. The van der Waals surface area contributed by atoms with Gasteiger partial charge in [-0.05, 0) is 43.1 Å². The molecule has 0 aromatic heterocycles. The molecule has 2 N–H and O–H groups in total. The van der Waals surface area contributed by atoms with Crippen molar-refractivity contribution in [1.82, 2.24) is 14.5 Å². The largest absolute Gasteiger partial charge is 0.492 e. The van der Waals surface area contributed by atoms with Crippen molar-refractivity contribution in [3.05, 3.63) is 48.5 Å². The normalized spacial score (nSPS) is 22.6. The fraction of sp³-hybridized carbons (Fsp3) is 0.500. The molecule has 2 aromatic rings. The van der Waals surface area contributed by atoms with Gasteiger partial charge in [0.2, 0.25) is 15.9 Å². The topological polar surface area (TPSA) is 108 Å². The average molecular weight is 518 g/mol. The van der Waals surface area contributed by atoms with Gasteiger partial charge in [0, 0.05) is 45.2 Å². The van der Waals surface area contributed by atoms with E-state index >= 15 is 0 Å². The Kier molecular flexibility index (Phi) is 8.31. The van der Waals surface area contributed by atoms with E-state index in [1.807, 2.05) is 42.3 Å². The molecule has 1 amide bonds. The summed E-state index contributed by atoms with van der Waals surface area (Å²) in [6, 6.07) is 14.8. The lowest BCUT2D eigenvalue weighted by atomic mass is 9.78. The van der Waals surface area contributed by atoms with Crippen LogP contribution in [-0.4, -0.2) is 95.4 Å². The highest BCUT2D eigenvalue weighted by molar-refractivity contribution is 7.89. The first-order valence-corrected chi connectivity index (χ1v) is 13.6. The third kappa shape index (κ3) is 6.24. The molecule has 4 rings (SSSR count). The second-order valence-corrected chi connectivity index (χ2v) is 11.6. The van der Waals surface area contributed by atoms with Crippen molar-refractivity contribution in [2.24, 2.45) is 5.41 Å². The van der Waals surface area contributed by atoms with E-state index in [0.717, 1.165) is 11.1 Å². The van der Waals surface area contributed by atoms with Crippen LogP contribution in [0.15, 0.2) is 53.4 Å². The Bertz CT molecular complexity index is 1150. The van der Waals surface area contributed by atoms with Gasteiger partial charge >= 0.3 is 0 Å². The van der Waals surface area contributed by atoms with Gasteiger partial charge in [0.25, 0.3) is 0 Å². The number of hydrogen-bond acceptors (Lipinski definition) is 7. The molecule has 0 aliphatic carbocycles. The predicted octanol–water partition coefficient (Wildman–Crippen LogP) is 1.57. The molecule has 2 aromatic carbocycles. The highest BCUT2D eigenvalue weighted by atomic mass is 32.2. The third-order valence-electron chi connectivity index (χ3n) is 6.96. The minimum Gasteiger partial charge on any atom is -0.492 e. The van der Waals surface area contributed by atoms with Crippen LogP contribution in [0.5, 0.6) is 5.75 Å². The van der Waals surface area contributed by atoms with Crippen LogP contribution in [0.1, 0.15) is 12.8 Å². The number of rotatable bonds is 3. The van der Waals surface area contributed by atoms with E-state index in [1.54, 1.807) is 23.1 Å². The van der Waals surface area contributed by atoms with Gasteiger partial charge in [-0.3, -0.25) is 4.79 Å². The number of carbonyl (C=O) groups excluding carboxylic acids is 1. The molecule has 0 saturated carbocycles. The van der Waals surface area contributed by atoms with Gasteiger partial charge < -0.3 is 24.4 Å². The molecule has 1 atom stereocenters. The van der Waals surface area contributed by atoms with Crippen LogP contribution in [0.3, 0.4) is 0 Å². The Labute approximate surface area is 213 Å². The Morgan fingerprint density at radius 2 is 1.89 bits per heavy atom. The zero-order valence-electron chi connectivity index (χ0n) is 20.9.